The van der Waals surface area contributed by atoms with E-state index in [-0.39, 0.29) is 0 Å². The Morgan fingerprint density at radius 3 is 2.45 bits per heavy atom. The average molecular weight is 383 g/mol. The van der Waals surface area contributed by atoms with Gasteiger partial charge in [0.05, 0.1) is 16.4 Å². The quantitative estimate of drug-likeness (QED) is 0.799. The number of hydrogen-bond acceptors (Lipinski definition) is 4. The first-order chi connectivity index (χ1) is 9.69. The third kappa shape index (κ3) is 3.20. The lowest BCUT2D eigenvalue weighted by Gasteiger charge is -2.11. The van der Waals surface area contributed by atoms with E-state index in [9.17, 15) is 0 Å². The normalized spacial score (nSPS) is 10.4. The molecule has 0 aliphatic rings. The second kappa shape index (κ2) is 6.88. The van der Waals surface area contributed by atoms with Crippen molar-refractivity contribution in [1.82, 2.24) is 9.97 Å². The van der Waals surface area contributed by atoms with Crippen molar-refractivity contribution in [3.63, 3.8) is 0 Å². The van der Waals surface area contributed by atoms with E-state index in [1.165, 1.54) is 0 Å². The summed E-state index contributed by atoms with van der Waals surface area (Å²) in [7, 11) is 3.55. The molecule has 2 aromatic rings. The molecule has 0 saturated heterocycles. The summed E-state index contributed by atoms with van der Waals surface area (Å²) in [6, 6.07) is 7.82. The highest BCUT2D eigenvalue weighted by Crippen LogP contribution is 2.25. The Hall–Kier alpha value is -1.37. The van der Waals surface area contributed by atoms with Gasteiger partial charge in [0.2, 0.25) is 0 Å². The van der Waals surface area contributed by atoms with Gasteiger partial charge in [-0.25, -0.2) is 9.97 Å². The van der Waals surface area contributed by atoms with Crippen molar-refractivity contribution < 1.29 is 4.74 Å². The fourth-order valence-electron chi connectivity index (χ4n) is 1.93. The van der Waals surface area contributed by atoms with Crippen LogP contribution in [0.25, 0.3) is 11.4 Å². The van der Waals surface area contributed by atoms with Crippen molar-refractivity contribution in [3.8, 4) is 17.1 Å². The van der Waals surface area contributed by atoms with Gasteiger partial charge in [0.15, 0.2) is 5.82 Å². The molecule has 1 aromatic carbocycles. The Balaban J connectivity index is 2.46. The third-order valence-corrected chi connectivity index (χ3v) is 4.13. The van der Waals surface area contributed by atoms with Crippen LogP contribution in [-0.2, 0) is 6.42 Å². The summed E-state index contributed by atoms with van der Waals surface area (Å²) in [4.78, 5) is 9.29. The summed E-state index contributed by atoms with van der Waals surface area (Å²) in [6.07, 6.45) is 2.02. The van der Waals surface area contributed by atoms with Crippen LogP contribution in [0.3, 0.4) is 0 Å². The van der Waals surface area contributed by atoms with Crippen LogP contribution < -0.4 is 10.1 Å². The van der Waals surface area contributed by atoms with Crippen molar-refractivity contribution in [2.24, 2.45) is 0 Å². The molecule has 0 amide bonds. The minimum atomic E-state index is 0.751. The summed E-state index contributed by atoms with van der Waals surface area (Å²) in [5.74, 6) is 2.47. The van der Waals surface area contributed by atoms with E-state index in [4.69, 9.17) is 9.72 Å². The Kier molecular flexibility index (Phi) is 5.17. The smallest absolute Gasteiger partial charge is 0.161 e. The first-order valence-electron chi connectivity index (χ1n) is 6.58. The van der Waals surface area contributed by atoms with Crippen LogP contribution in [0.5, 0.6) is 5.75 Å². The largest absolute Gasteiger partial charge is 0.497 e. The fraction of sp³-hybridized carbons (Fsp3) is 0.333. The number of ether oxygens (including phenoxy) is 1. The minimum Gasteiger partial charge on any atom is -0.497 e. The standard InChI is InChI=1S/C15H18IN3O/c1-4-5-12-13(16)15(17-2)19-14(18-12)10-6-8-11(20-3)9-7-10/h6-9H,4-5H2,1-3H3,(H,17,18,19). The van der Waals surface area contributed by atoms with Gasteiger partial charge < -0.3 is 10.1 Å². The van der Waals surface area contributed by atoms with Crippen molar-refractivity contribution in [1.29, 1.82) is 0 Å². The third-order valence-electron chi connectivity index (χ3n) is 2.99. The number of methoxy groups -OCH3 is 1. The highest BCUT2D eigenvalue weighted by Gasteiger charge is 2.12. The zero-order valence-corrected chi connectivity index (χ0v) is 14.1. The lowest BCUT2D eigenvalue weighted by Crippen LogP contribution is -2.05. The Morgan fingerprint density at radius 1 is 1.20 bits per heavy atom. The number of anilines is 1. The van der Waals surface area contributed by atoms with Gasteiger partial charge in [-0.05, 0) is 53.3 Å². The molecule has 0 unspecified atom stereocenters. The number of hydrogen-bond donors (Lipinski definition) is 1. The van der Waals surface area contributed by atoms with E-state index in [0.717, 1.165) is 45.1 Å². The Labute approximate surface area is 133 Å². The maximum absolute atomic E-state index is 5.18. The van der Waals surface area contributed by atoms with Crippen molar-refractivity contribution in [2.45, 2.75) is 19.8 Å². The predicted molar refractivity (Wildman–Crippen MR) is 90.3 cm³/mol. The van der Waals surface area contributed by atoms with Gasteiger partial charge in [-0.3, -0.25) is 0 Å². The average Bonchev–Trinajstić information content (AvgIpc) is 2.49. The molecule has 1 N–H and O–H groups in total. The lowest BCUT2D eigenvalue weighted by atomic mass is 10.2. The van der Waals surface area contributed by atoms with Gasteiger partial charge in [-0.2, -0.15) is 0 Å². The summed E-state index contributed by atoms with van der Waals surface area (Å²) in [5, 5.41) is 3.14. The highest BCUT2D eigenvalue weighted by molar-refractivity contribution is 14.1. The molecule has 5 heteroatoms. The first-order valence-corrected chi connectivity index (χ1v) is 7.66. The molecule has 4 nitrogen and oxygen atoms in total. The number of nitrogens with one attached hydrogen (secondary N) is 1. The van der Waals surface area contributed by atoms with E-state index >= 15 is 0 Å². The molecule has 0 fully saturated rings. The summed E-state index contributed by atoms with van der Waals surface area (Å²) in [5.41, 5.74) is 2.09. The van der Waals surface area contributed by atoms with Crippen LogP contribution >= 0.6 is 22.6 Å². The van der Waals surface area contributed by atoms with Gasteiger partial charge in [0.1, 0.15) is 11.6 Å². The van der Waals surface area contributed by atoms with Crippen LogP contribution in [0, 0.1) is 3.57 Å². The molecule has 0 spiro atoms. The summed E-state index contributed by atoms with van der Waals surface area (Å²) in [6.45, 7) is 2.16. The maximum Gasteiger partial charge on any atom is 0.161 e. The minimum absolute atomic E-state index is 0.751. The molecule has 0 aliphatic carbocycles. The SMILES string of the molecule is CCCc1nc(-c2ccc(OC)cc2)nc(NC)c1I. The topological polar surface area (TPSA) is 47.0 Å². The van der Waals surface area contributed by atoms with Crippen molar-refractivity contribution in [3.05, 3.63) is 33.5 Å². The lowest BCUT2D eigenvalue weighted by molar-refractivity contribution is 0.415. The molecule has 106 valence electrons. The predicted octanol–water partition coefficient (Wildman–Crippen LogP) is 3.75. The van der Waals surface area contributed by atoms with Crippen molar-refractivity contribution >= 4 is 28.4 Å². The van der Waals surface area contributed by atoms with Crippen LogP contribution in [0.1, 0.15) is 19.0 Å². The van der Waals surface area contributed by atoms with Gasteiger partial charge >= 0.3 is 0 Å². The molecule has 0 atom stereocenters. The number of nitrogens with zero attached hydrogens (tertiary/aromatic N) is 2. The Bertz CT molecular complexity index is 584. The summed E-state index contributed by atoms with van der Waals surface area (Å²) >= 11 is 2.30. The molecular weight excluding hydrogens is 365 g/mol. The number of benzene rings is 1. The van der Waals surface area contributed by atoms with Gasteiger partial charge in [-0.15, -0.1) is 0 Å². The molecule has 0 bridgehead atoms. The van der Waals surface area contributed by atoms with Crippen LogP contribution in [0.2, 0.25) is 0 Å². The zero-order chi connectivity index (χ0) is 14.5. The zero-order valence-electron chi connectivity index (χ0n) is 11.9. The van der Waals surface area contributed by atoms with Gasteiger partial charge in [-0.1, -0.05) is 13.3 Å². The Morgan fingerprint density at radius 2 is 1.90 bits per heavy atom. The molecule has 2 rings (SSSR count). The van der Waals surface area contributed by atoms with Crippen LogP contribution in [0.4, 0.5) is 5.82 Å². The fourth-order valence-corrected chi connectivity index (χ4v) is 2.71. The number of aryl methyl sites for hydroxylation is 1. The van der Waals surface area contributed by atoms with E-state index in [0.29, 0.717) is 0 Å². The second-order valence-electron chi connectivity index (χ2n) is 4.38. The molecule has 0 radical (unpaired) electrons. The van der Waals surface area contributed by atoms with E-state index in [1.54, 1.807) is 7.11 Å². The maximum atomic E-state index is 5.18. The molecule has 0 saturated carbocycles. The second-order valence-corrected chi connectivity index (χ2v) is 5.46. The number of aromatic nitrogens is 2. The van der Waals surface area contributed by atoms with Crippen molar-refractivity contribution in [2.75, 3.05) is 19.5 Å². The molecule has 0 aliphatic heterocycles. The first kappa shape index (κ1) is 15.0. The van der Waals surface area contributed by atoms with Crippen LogP contribution in [-0.4, -0.2) is 24.1 Å². The van der Waals surface area contributed by atoms with Crippen LogP contribution in [0.15, 0.2) is 24.3 Å². The van der Waals surface area contributed by atoms with E-state index in [1.807, 2.05) is 31.3 Å². The molecular formula is C15H18IN3O. The van der Waals surface area contributed by atoms with E-state index in [2.05, 4.69) is 39.8 Å². The van der Waals surface area contributed by atoms with E-state index < -0.39 is 0 Å². The number of rotatable bonds is 5. The van der Waals surface area contributed by atoms with Gasteiger partial charge in [0, 0.05) is 12.6 Å². The van der Waals surface area contributed by atoms with Gasteiger partial charge in [0.25, 0.3) is 0 Å². The molecule has 1 aromatic heterocycles. The molecule has 1 heterocycles. The monoisotopic (exact) mass is 383 g/mol. The number of halogens is 1. The molecule has 20 heavy (non-hydrogen) atoms. The summed E-state index contributed by atoms with van der Waals surface area (Å²) < 4.78 is 6.28. The highest BCUT2D eigenvalue weighted by atomic mass is 127.